The molecular formula is C11H20N2OS. The number of hydrogen-bond acceptors (Lipinski definition) is 4. The summed E-state index contributed by atoms with van der Waals surface area (Å²) >= 11 is 1.93. The Morgan fingerprint density at radius 1 is 1.67 bits per heavy atom. The van der Waals surface area contributed by atoms with Gasteiger partial charge in [-0.1, -0.05) is 0 Å². The topological polar surface area (TPSA) is 45.0 Å². The zero-order valence-corrected chi connectivity index (χ0v) is 10.6. The number of nitrogens with one attached hydrogen (secondary N) is 1. The van der Waals surface area contributed by atoms with Crippen LogP contribution in [0.4, 0.5) is 0 Å². The molecule has 0 amide bonds. The van der Waals surface area contributed by atoms with E-state index in [9.17, 15) is 0 Å². The minimum atomic E-state index is -0.379. The molecular weight excluding hydrogens is 208 g/mol. The Morgan fingerprint density at radius 3 is 2.87 bits per heavy atom. The predicted molar refractivity (Wildman–Crippen MR) is 64.0 cm³/mol. The van der Waals surface area contributed by atoms with Gasteiger partial charge in [-0.05, 0) is 39.5 Å². The first kappa shape index (κ1) is 12.8. The van der Waals surface area contributed by atoms with Crippen LogP contribution in [0, 0.1) is 11.3 Å². The molecule has 3 unspecified atom stereocenters. The zero-order valence-electron chi connectivity index (χ0n) is 9.75. The monoisotopic (exact) mass is 228 g/mol. The van der Waals surface area contributed by atoms with Gasteiger partial charge in [-0.15, -0.1) is 0 Å². The van der Waals surface area contributed by atoms with E-state index in [0.717, 1.165) is 25.2 Å². The SMILES string of the molecule is CNC(C)(C#N)CCSC1CCOC1C. The summed E-state index contributed by atoms with van der Waals surface area (Å²) in [7, 11) is 1.84. The van der Waals surface area contributed by atoms with Gasteiger partial charge in [-0.3, -0.25) is 0 Å². The normalized spacial score (nSPS) is 29.7. The van der Waals surface area contributed by atoms with Gasteiger partial charge >= 0.3 is 0 Å². The molecule has 86 valence electrons. The van der Waals surface area contributed by atoms with Crippen LogP contribution in [0.5, 0.6) is 0 Å². The van der Waals surface area contributed by atoms with E-state index < -0.39 is 0 Å². The van der Waals surface area contributed by atoms with Crippen LogP contribution in [0.2, 0.25) is 0 Å². The van der Waals surface area contributed by atoms with E-state index in [2.05, 4.69) is 18.3 Å². The third-order valence-electron chi connectivity index (χ3n) is 3.04. The lowest BCUT2D eigenvalue weighted by Gasteiger charge is -2.21. The molecule has 3 atom stereocenters. The molecule has 0 bridgehead atoms. The summed E-state index contributed by atoms with van der Waals surface area (Å²) in [5, 5.41) is 12.7. The molecule has 1 fully saturated rings. The van der Waals surface area contributed by atoms with Crippen LogP contribution < -0.4 is 5.32 Å². The van der Waals surface area contributed by atoms with Gasteiger partial charge in [-0.2, -0.15) is 17.0 Å². The van der Waals surface area contributed by atoms with Gasteiger partial charge < -0.3 is 10.1 Å². The first-order valence-corrected chi connectivity index (χ1v) is 6.49. The van der Waals surface area contributed by atoms with Crippen molar-refractivity contribution in [1.82, 2.24) is 5.32 Å². The molecule has 1 aliphatic rings. The van der Waals surface area contributed by atoms with Crippen LogP contribution in [0.3, 0.4) is 0 Å². The van der Waals surface area contributed by atoms with Gasteiger partial charge in [0.05, 0.1) is 12.2 Å². The van der Waals surface area contributed by atoms with Crippen LogP contribution in [-0.4, -0.2) is 36.3 Å². The van der Waals surface area contributed by atoms with Gasteiger partial charge in [0.15, 0.2) is 0 Å². The number of hydrogen-bond donors (Lipinski definition) is 1. The molecule has 0 aromatic heterocycles. The van der Waals surface area contributed by atoms with Crippen molar-refractivity contribution in [2.24, 2.45) is 0 Å². The molecule has 1 saturated heterocycles. The largest absolute Gasteiger partial charge is 0.377 e. The number of nitrogens with zero attached hydrogens (tertiary/aromatic N) is 1. The Bertz CT molecular complexity index is 241. The van der Waals surface area contributed by atoms with Gasteiger partial charge in [0.25, 0.3) is 0 Å². The molecule has 1 N–H and O–H groups in total. The van der Waals surface area contributed by atoms with E-state index in [-0.39, 0.29) is 5.54 Å². The lowest BCUT2D eigenvalue weighted by Crippen LogP contribution is -2.38. The number of rotatable bonds is 5. The highest BCUT2D eigenvalue weighted by atomic mass is 32.2. The highest BCUT2D eigenvalue weighted by Crippen LogP contribution is 2.27. The molecule has 0 saturated carbocycles. The maximum atomic E-state index is 8.98. The van der Waals surface area contributed by atoms with Crippen molar-refractivity contribution in [3.05, 3.63) is 0 Å². The van der Waals surface area contributed by atoms with Crippen molar-refractivity contribution >= 4 is 11.8 Å². The highest BCUT2D eigenvalue weighted by molar-refractivity contribution is 7.99. The standard InChI is InChI=1S/C11H20N2OS/c1-9-10(4-6-14-9)15-7-5-11(2,8-12)13-3/h9-10,13H,4-7H2,1-3H3. The number of thioether (sulfide) groups is 1. The molecule has 0 aromatic rings. The Morgan fingerprint density at radius 2 is 2.40 bits per heavy atom. The Labute approximate surface area is 96.6 Å². The summed E-state index contributed by atoms with van der Waals surface area (Å²) in [4.78, 5) is 0. The minimum absolute atomic E-state index is 0.373. The van der Waals surface area contributed by atoms with E-state index in [1.165, 1.54) is 0 Å². The fourth-order valence-corrected chi connectivity index (χ4v) is 3.02. The fraction of sp³-hybridized carbons (Fsp3) is 0.909. The average Bonchev–Trinajstić information content (AvgIpc) is 2.64. The van der Waals surface area contributed by atoms with E-state index >= 15 is 0 Å². The summed E-state index contributed by atoms with van der Waals surface area (Å²) in [6.45, 7) is 4.97. The molecule has 3 nitrogen and oxygen atoms in total. The molecule has 0 aliphatic carbocycles. The zero-order chi connectivity index (χ0) is 11.3. The molecule has 15 heavy (non-hydrogen) atoms. The van der Waals surface area contributed by atoms with E-state index in [0.29, 0.717) is 11.4 Å². The average molecular weight is 228 g/mol. The molecule has 0 radical (unpaired) electrons. The quantitative estimate of drug-likeness (QED) is 0.779. The van der Waals surface area contributed by atoms with Crippen LogP contribution in [0.15, 0.2) is 0 Å². The van der Waals surface area contributed by atoms with Crippen LogP contribution >= 0.6 is 11.8 Å². The first-order valence-electron chi connectivity index (χ1n) is 5.44. The molecule has 1 aliphatic heterocycles. The second-order valence-electron chi connectivity index (χ2n) is 4.22. The molecule has 1 heterocycles. The lowest BCUT2D eigenvalue weighted by molar-refractivity contribution is 0.127. The second-order valence-corrected chi connectivity index (χ2v) is 5.56. The summed E-state index contributed by atoms with van der Waals surface area (Å²) in [5.74, 6) is 1.02. The van der Waals surface area contributed by atoms with E-state index in [4.69, 9.17) is 10.00 Å². The fourth-order valence-electron chi connectivity index (χ4n) is 1.58. The third-order valence-corrected chi connectivity index (χ3v) is 4.53. The Kier molecular flexibility index (Phi) is 4.91. The van der Waals surface area contributed by atoms with E-state index in [1.807, 2.05) is 25.7 Å². The van der Waals surface area contributed by atoms with Crippen LogP contribution in [0.1, 0.15) is 26.7 Å². The summed E-state index contributed by atoms with van der Waals surface area (Å²) in [6, 6.07) is 2.31. The van der Waals surface area contributed by atoms with Crippen molar-refractivity contribution in [2.45, 2.75) is 43.6 Å². The van der Waals surface area contributed by atoms with E-state index in [1.54, 1.807) is 0 Å². The smallest absolute Gasteiger partial charge is 0.104 e. The summed E-state index contributed by atoms with van der Waals surface area (Å²) in [5.41, 5.74) is -0.379. The summed E-state index contributed by atoms with van der Waals surface area (Å²) in [6.07, 6.45) is 2.40. The van der Waals surface area contributed by atoms with Crippen molar-refractivity contribution in [3.63, 3.8) is 0 Å². The maximum Gasteiger partial charge on any atom is 0.104 e. The van der Waals surface area contributed by atoms with Gasteiger partial charge in [-0.25, -0.2) is 0 Å². The number of ether oxygens (including phenoxy) is 1. The van der Waals surface area contributed by atoms with Gasteiger partial charge in [0.2, 0.25) is 0 Å². The predicted octanol–water partition coefficient (Wildman–Crippen LogP) is 1.79. The first-order chi connectivity index (χ1) is 7.11. The highest BCUT2D eigenvalue weighted by Gasteiger charge is 2.26. The maximum absolute atomic E-state index is 8.98. The molecule has 1 rings (SSSR count). The summed E-state index contributed by atoms with van der Waals surface area (Å²) < 4.78 is 5.50. The Balaban J connectivity index is 2.24. The van der Waals surface area contributed by atoms with Crippen molar-refractivity contribution in [3.8, 4) is 6.07 Å². The van der Waals surface area contributed by atoms with Gasteiger partial charge in [0.1, 0.15) is 5.54 Å². The third kappa shape index (κ3) is 3.67. The van der Waals surface area contributed by atoms with Crippen molar-refractivity contribution < 1.29 is 4.74 Å². The minimum Gasteiger partial charge on any atom is -0.377 e. The second kappa shape index (κ2) is 5.74. The van der Waals surface area contributed by atoms with Gasteiger partial charge in [0, 0.05) is 11.9 Å². The lowest BCUT2D eigenvalue weighted by atomic mass is 10.0. The van der Waals surface area contributed by atoms with Crippen LogP contribution in [0.25, 0.3) is 0 Å². The van der Waals surface area contributed by atoms with Crippen molar-refractivity contribution in [2.75, 3.05) is 19.4 Å². The number of nitriles is 1. The molecule has 0 aromatic carbocycles. The molecule has 4 heteroatoms. The van der Waals surface area contributed by atoms with Crippen molar-refractivity contribution in [1.29, 1.82) is 5.26 Å². The van der Waals surface area contributed by atoms with Crippen LogP contribution in [-0.2, 0) is 4.74 Å². The Hall–Kier alpha value is -0.240. The molecule has 0 spiro atoms.